The fourth-order valence-electron chi connectivity index (χ4n) is 2.01. The van der Waals surface area contributed by atoms with E-state index < -0.39 is 0 Å². The Kier molecular flexibility index (Phi) is 9.60. The molecule has 0 N–H and O–H groups in total. The second kappa shape index (κ2) is 11.4. The van der Waals surface area contributed by atoms with Crippen LogP contribution in [0.1, 0.15) is 64.9 Å². The highest BCUT2D eigenvalue weighted by atomic mass is 16.5. The number of rotatable bonds is 11. The van der Waals surface area contributed by atoms with Crippen molar-refractivity contribution in [2.24, 2.45) is 10.9 Å². The Morgan fingerprint density at radius 3 is 2.43 bits per heavy atom. The van der Waals surface area contributed by atoms with Gasteiger partial charge in [0.05, 0.1) is 6.61 Å². The lowest BCUT2D eigenvalue weighted by Gasteiger charge is -2.06. The molecule has 21 heavy (non-hydrogen) atoms. The number of hydrogen-bond donors (Lipinski definition) is 0. The van der Waals surface area contributed by atoms with Gasteiger partial charge in [-0.25, -0.2) is 0 Å². The lowest BCUT2D eigenvalue weighted by Crippen LogP contribution is -1.98. The van der Waals surface area contributed by atoms with E-state index in [-0.39, 0.29) is 0 Å². The Morgan fingerprint density at radius 2 is 1.76 bits per heavy atom. The van der Waals surface area contributed by atoms with Gasteiger partial charge in [0.1, 0.15) is 5.75 Å². The van der Waals surface area contributed by atoms with Crippen LogP contribution in [0.3, 0.4) is 0 Å². The van der Waals surface area contributed by atoms with E-state index in [2.05, 4.69) is 37.9 Å². The normalized spacial score (nSPS) is 12.7. The van der Waals surface area contributed by atoms with Gasteiger partial charge in [-0.2, -0.15) is 0 Å². The van der Waals surface area contributed by atoms with Crippen molar-refractivity contribution in [2.75, 3.05) is 13.2 Å². The van der Waals surface area contributed by atoms with E-state index in [0.29, 0.717) is 5.92 Å². The number of hydrogen-bond acceptors (Lipinski definition) is 2. The van der Waals surface area contributed by atoms with Gasteiger partial charge in [0, 0.05) is 12.8 Å². The molecule has 0 aliphatic heterocycles. The average Bonchev–Trinajstić information content (AvgIpc) is 2.52. The van der Waals surface area contributed by atoms with Crippen molar-refractivity contribution >= 4 is 6.21 Å². The van der Waals surface area contributed by atoms with Crippen LogP contribution in [0.15, 0.2) is 29.3 Å². The van der Waals surface area contributed by atoms with Crippen molar-refractivity contribution in [1.82, 2.24) is 0 Å². The summed E-state index contributed by atoms with van der Waals surface area (Å²) in [5.41, 5.74) is 1.15. The molecule has 0 fully saturated rings. The van der Waals surface area contributed by atoms with Crippen molar-refractivity contribution in [2.45, 2.75) is 59.3 Å². The first-order valence-electron chi connectivity index (χ1n) is 8.49. The van der Waals surface area contributed by atoms with Gasteiger partial charge in [-0.3, -0.25) is 4.99 Å². The number of ether oxygens (including phenoxy) is 1. The molecule has 0 heterocycles. The Bertz CT molecular complexity index is 383. The van der Waals surface area contributed by atoms with Gasteiger partial charge >= 0.3 is 0 Å². The molecule has 1 aromatic carbocycles. The summed E-state index contributed by atoms with van der Waals surface area (Å²) >= 11 is 0. The molecule has 0 bridgehead atoms. The van der Waals surface area contributed by atoms with Crippen LogP contribution in [-0.4, -0.2) is 19.4 Å². The monoisotopic (exact) mass is 289 g/mol. The van der Waals surface area contributed by atoms with Crippen LogP contribution in [0, 0.1) is 5.92 Å². The Hall–Kier alpha value is -1.31. The zero-order chi connectivity index (χ0) is 15.3. The first-order chi connectivity index (χ1) is 10.3. The summed E-state index contributed by atoms with van der Waals surface area (Å²) in [6.07, 6.45) is 9.52. The zero-order valence-electron chi connectivity index (χ0n) is 14.0. The third kappa shape index (κ3) is 8.54. The minimum atomic E-state index is 0.663. The van der Waals surface area contributed by atoms with Crippen molar-refractivity contribution < 1.29 is 4.74 Å². The van der Waals surface area contributed by atoms with E-state index in [1.165, 1.54) is 32.1 Å². The molecule has 0 aliphatic rings. The molecule has 118 valence electrons. The fraction of sp³-hybridized carbons (Fsp3) is 0.632. The molecule has 0 amide bonds. The summed E-state index contributed by atoms with van der Waals surface area (Å²) in [6.45, 7) is 8.41. The molecule has 1 unspecified atom stereocenters. The maximum absolute atomic E-state index is 5.76. The zero-order valence-corrected chi connectivity index (χ0v) is 14.0. The van der Waals surface area contributed by atoms with Crippen molar-refractivity contribution in [3.63, 3.8) is 0 Å². The molecule has 2 nitrogen and oxygen atoms in total. The number of benzene rings is 1. The van der Waals surface area contributed by atoms with Gasteiger partial charge in [0.2, 0.25) is 0 Å². The molecular formula is C19H31NO. The smallest absolute Gasteiger partial charge is 0.119 e. The van der Waals surface area contributed by atoms with Crippen LogP contribution in [0.25, 0.3) is 0 Å². The van der Waals surface area contributed by atoms with Crippen LogP contribution in [0.2, 0.25) is 0 Å². The first kappa shape index (κ1) is 17.7. The van der Waals surface area contributed by atoms with E-state index in [1.807, 2.05) is 18.3 Å². The summed E-state index contributed by atoms with van der Waals surface area (Å²) in [4.78, 5) is 4.48. The van der Waals surface area contributed by atoms with Gasteiger partial charge in [-0.05, 0) is 42.2 Å². The average molecular weight is 289 g/mol. The summed E-state index contributed by atoms with van der Waals surface area (Å²) in [7, 11) is 0. The molecule has 1 atom stereocenters. The Labute approximate surface area is 130 Å². The third-order valence-electron chi connectivity index (χ3n) is 3.75. The maximum Gasteiger partial charge on any atom is 0.119 e. The van der Waals surface area contributed by atoms with Crippen LogP contribution >= 0.6 is 0 Å². The lowest BCUT2D eigenvalue weighted by atomic mass is 10.1. The second-order valence-electron chi connectivity index (χ2n) is 5.84. The van der Waals surface area contributed by atoms with Crippen LogP contribution in [-0.2, 0) is 0 Å². The summed E-state index contributed by atoms with van der Waals surface area (Å²) in [5.74, 6) is 1.63. The van der Waals surface area contributed by atoms with E-state index >= 15 is 0 Å². The lowest BCUT2D eigenvalue weighted by molar-refractivity contribution is 0.304. The van der Waals surface area contributed by atoms with Crippen molar-refractivity contribution in [3.8, 4) is 5.75 Å². The molecule has 0 aliphatic carbocycles. The first-order valence-corrected chi connectivity index (χ1v) is 8.49. The SMILES string of the molecule is CCCCCCCOc1ccc(C=NCC(C)CC)cc1. The van der Waals surface area contributed by atoms with Crippen LogP contribution in [0.5, 0.6) is 5.75 Å². The fourth-order valence-corrected chi connectivity index (χ4v) is 2.01. The van der Waals surface area contributed by atoms with Gasteiger partial charge in [0.25, 0.3) is 0 Å². The quantitative estimate of drug-likeness (QED) is 0.389. The molecule has 0 saturated carbocycles. The van der Waals surface area contributed by atoms with E-state index in [9.17, 15) is 0 Å². The van der Waals surface area contributed by atoms with Crippen molar-refractivity contribution in [1.29, 1.82) is 0 Å². The minimum absolute atomic E-state index is 0.663. The molecule has 2 heteroatoms. The number of aliphatic imine (C=N–C) groups is 1. The molecule has 0 spiro atoms. The molecule has 0 radical (unpaired) electrons. The minimum Gasteiger partial charge on any atom is -0.494 e. The molecular weight excluding hydrogens is 258 g/mol. The number of nitrogens with zero attached hydrogens (tertiary/aromatic N) is 1. The second-order valence-corrected chi connectivity index (χ2v) is 5.84. The highest BCUT2D eigenvalue weighted by Gasteiger charge is 1.96. The Morgan fingerprint density at radius 1 is 1.05 bits per heavy atom. The summed E-state index contributed by atoms with van der Waals surface area (Å²) in [5, 5.41) is 0. The summed E-state index contributed by atoms with van der Waals surface area (Å²) in [6, 6.07) is 8.23. The van der Waals surface area contributed by atoms with Crippen LogP contribution < -0.4 is 4.74 Å². The Balaban J connectivity index is 2.24. The topological polar surface area (TPSA) is 21.6 Å². The third-order valence-corrected chi connectivity index (χ3v) is 3.75. The predicted octanol–water partition coefficient (Wildman–Crippen LogP) is 5.50. The number of unbranched alkanes of at least 4 members (excludes halogenated alkanes) is 4. The maximum atomic E-state index is 5.76. The predicted molar refractivity (Wildman–Crippen MR) is 92.6 cm³/mol. The van der Waals surface area contributed by atoms with Crippen LogP contribution in [0.4, 0.5) is 0 Å². The molecule has 0 aromatic heterocycles. The van der Waals surface area contributed by atoms with Gasteiger partial charge in [-0.15, -0.1) is 0 Å². The molecule has 0 saturated heterocycles. The van der Waals surface area contributed by atoms with E-state index in [4.69, 9.17) is 4.74 Å². The molecule has 1 rings (SSSR count). The van der Waals surface area contributed by atoms with Gasteiger partial charge in [0.15, 0.2) is 0 Å². The largest absolute Gasteiger partial charge is 0.494 e. The van der Waals surface area contributed by atoms with E-state index in [1.54, 1.807) is 0 Å². The van der Waals surface area contributed by atoms with Gasteiger partial charge in [-0.1, -0.05) is 52.9 Å². The highest BCUT2D eigenvalue weighted by Crippen LogP contribution is 2.12. The van der Waals surface area contributed by atoms with E-state index in [0.717, 1.165) is 30.9 Å². The highest BCUT2D eigenvalue weighted by molar-refractivity contribution is 5.79. The molecule has 1 aromatic rings. The van der Waals surface area contributed by atoms with Crippen molar-refractivity contribution in [3.05, 3.63) is 29.8 Å². The summed E-state index contributed by atoms with van der Waals surface area (Å²) < 4.78 is 5.76. The van der Waals surface area contributed by atoms with Gasteiger partial charge < -0.3 is 4.74 Å². The standard InChI is InChI=1S/C19H31NO/c1-4-6-7-8-9-14-21-19-12-10-18(11-13-19)16-20-15-17(3)5-2/h10-13,16-17H,4-9,14-15H2,1-3H3.